The van der Waals surface area contributed by atoms with Crippen LogP contribution in [0.15, 0.2) is 63.4 Å². The van der Waals surface area contributed by atoms with E-state index in [1.54, 1.807) is 55.7 Å². The van der Waals surface area contributed by atoms with Crippen LogP contribution in [0.4, 0.5) is 17.3 Å². The Hall–Kier alpha value is -3.76. The first-order valence-electron chi connectivity index (χ1n) is 13.1. The number of aromatic nitrogens is 3. The van der Waals surface area contributed by atoms with Gasteiger partial charge in [-0.15, -0.1) is 0 Å². The number of piperidine rings is 1. The lowest BCUT2D eigenvalue weighted by Crippen LogP contribution is -2.39. The van der Waals surface area contributed by atoms with Gasteiger partial charge in [-0.1, -0.05) is 61.8 Å². The fourth-order valence-electron chi connectivity index (χ4n) is 4.90. The molecule has 0 aliphatic carbocycles. The number of para-hydroxylation sites is 1. The first-order chi connectivity index (χ1) is 19.1. The van der Waals surface area contributed by atoms with E-state index < -0.39 is 11.5 Å². The molecule has 1 amide bonds. The van der Waals surface area contributed by atoms with Gasteiger partial charge in [-0.05, 0) is 42.5 Å². The number of aromatic hydroxyl groups is 1. The van der Waals surface area contributed by atoms with Crippen molar-refractivity contribution in [1.82, 2.24) is 14.5 Å². The maximum atomic E-state index is 13.2. The maximum absolute atomic E-state index is 13.2. The van der Waals surface area contributed by atoms with Crippen molar-refractivity contribution in [2.75, 3.05) is 29.0 Å². The third-order valence-electron chi connectivity index (χ3n) is 7.82. The molecule has 4 N–H and O–H groups in total. The normalized spacial score (nSPS) is 14.8. The van der Waals surface area contributed by atoms with Gasteiger partial charge in [-0.3, -0.25) is 9.59 Å². The van der Waals surface area contributed by atoms with E-state index in [1.807, 2.05) is 0 Å². The summed E-state index contributed by atoms with van der Waals surface area (Å²) in [4.78, 5) is 38.1. The number of nitrogens with two attached hydrogens (primary N) is 1. The van der Waals surface area contributed by atoms with Crippen molar-refractivity contribution < 1.29 is 9.90 Å². The average Bonchev–Trinajstić information content (AvgIpc) is 2.95. The number of hydrogen-bond donors (Lipinski definition) is 3. The number of nitrogens with one attached hydrogen (secondary N) is 1. The monoisotopic (exact) mass is 578 g/mol. The van der Waals surface area contributed by atoms with Gasteiger partial charge in [0.2, 0.25) is 0 Å². The highest BCUT2D eigenvalue weighted by Crippen LogP contribution is 2.40. The zero-order valence-corrected chi connectivity index (χ0v) is 24.1. The summed E-state index contributed by atoms with van der Waals surface area (Å²) in [6.07, 6.45) is 5.08. The molecular weight excluding hydrogens is 548 g/mol. The SMILES string of the molecule is CCC1(C)CCN(c2cnc(Sc3cccc(NC(=O)c4c(O)c5ccccc5n(C)c4=O)c3Cl)c(N)n2)CC1. The van der Waals surface area contributed by atoms with Crippen molar-refractivity contribution in [3.8, 4) is 5.75 Å². The minimum Gasteiger partial charge on any atom is -0.506 e. The van der Waals surface area contributed by atoms with Crippen molar-refractivity contribution in [2.45, 2.75) is 43.0 Å². The number of rotatable bonds is 6. The number of carbonyl (C=O) groups excluding carboxylic acids is 1. The summed E-state index contributed by atoms with van der Waals surface area (Å²) in [5, 5.41) is 14.6. The third kappa shape index (κ3) is 5.21. The third-order valence-corrected chi connectivity index (χ3v) is 9.41. The molecular formula is C29H31ClN6O3S. The number of benzene rings is 2. The number of anilines is 3. The number of amides is 1. The molecule has 0 atom stereocenters. The molecule has 0 spiro atoms. The second kappa shape index (κ2) is 11.0. The van der Waals surface area contributed by atoms with E-state index >= 15 is 0 Å². The summed E-state index contributed by atoms with van der Waals surface area (Å²) in [5.74, 6) is -0.100. The standard InChI is InChI=1S/C29H31ClN6O3S/c1-4-29(2)12-14-36(15-13-29)21-16-32-27(25(31)34-21)40-20-11-7-9-18(23(20)30)33-26(38)22-24(37)17-8-5-6-10-19(17)35(3)28(22)39/h5-11,16,37H,4,12-15H2,1-3H3,(H2,31,34)(H,33,38). The van der Waals surface area contributed by atoms with Gasteiger partial charge >= 0.3 is 0 Å². The number of carbonyl (C=O) groups is 1. The molecule has 0 radical (unpaired) electrons. The summed E-state index contributed by atoms with van der Waals surface area (Å²) in [7, 11) is 1.55. The summed E-state index contributed by atoms with van der Waals surface area (Å²) < 4.78 is 1.33. The van der Waals surface area contributed by atoms with Crippen LogP contribution < -0.4 is 21.5 Å². The predicted octanol–water partition coefficient (Wildman–Crippen LogP) is 5.69. The van der Waals surface area contributed by atoms with Crippen molar-refractivity contribution >= 4 is 57.5 Å². The fraction of sp³-hybridized carbons (Fsp3) is 0.310. The predicted molar refractivity (Wildman–Crippen MR) is 161 cm³/mol. The van der Waals surface area contributed by atoms with Gasteiger partial charge in [-0.2, -0.15) is 0 Å². The van der Waals surface area contributed by atoms with Crippen molar-refractivity contribution in [2.24, 2.45) is 12.5 Å². The quantitative estimate of drug-likeness (QED) is 0.266. The molecule has 4 aromatic rings. The Morgan fingerprint density at radius 1 is 1.20 bits per heavy atom. The van der Waals surface area contributed by atoms with Crippen LogP contribution >= 0.6 is 23.4 Å². The van der Waals surface area contributed by atoms with Gasteiger partial charge in [0.15, 0.2) is 5.82 Å². The Balaban J connectivity index is 1.36. The van der Waals surface area contributed by atoms with E-state index in [2.05, 4.69) is 34.0 Å². The van der Waals surface area contributed by atoms with E-state index in [1.165, 1.54) is 16.3 Å². The Bertz CT molecular complexity index is 1670. The van der Waals surface area contributed by atoms with E-state index in [0.29, 0.717) is 32.1 Å². The lowest BCUT2D eigenvalue weighted by Gasteiger charge is -2.39. The van der Waals surface area contributed by atoms with E-state index in [4.69, 9.17) is 17.3 Å². The molecule has 0 bridgehead atoms. The Morgan fingerprint density at radius 2 is 1.93 bits per heavy atom. The van der Waals surface area contributed by atoms with Gasteiger partial charge in [-0.25, -0.2) is 9.97 Å². The minimum absolute atomic E-state index is 0.248. The smallest absolute Gasteiger partial charge is 0.267 e. The van der Waals surface area contributed by atoms with E-state index in [0.717, 1.165) is 38.2 Å². The number of halogens is 1. The molecule has 3 heterocycles. The average molecular weight is 579 g/mol. The van der Waals surface area contributed by atoms with Gasteiger partial charge < -0.3 is 25.6 Å². The molecule has 11 heteroatoms. The van der Waals surface area contributed by atoms with Crippen LogP contribution in [-0.4, -0.2) is 38.6 Å². The van der Waals surface area contributed by atoms with Crippen LogP contribution in [0.3, 0.4) is 0 Å². The minimum atomic E-state index is -0.766. The molecule has 1 saturated heterocycles. The molecule has 5 rings (SSSR count). The molecule has 40 heavy (non-hydrogen) atoms. The second-order valence-electron chi connectivity index (χ2n) is 10.3. The Kier molecular flexibility index (Phi) is 7.65. The van der Waals surface area contributed by atoms with Gasteiger partial charge in [0, 0.05) is 30.4 Å². The largest absolute Gasteiger partial charge is 0.506 e. The number of aryl methyl sites for hydroxylation is 1. The summed E-state index contributed by atoms with van der Waals surface area (Å²) >= 11 is 7.89. The number of nitrogen functional groups attached to an aromatic ring is 1. The van der Waals surface area contributed by atoms with Crippen LogP contribution in [0.25, 0.3) is 10.9 Å². The van der Waals surface area contributed by atoms with Crippen molar-refractivity contribution in [1.29, 1.82) is 0 Å². The van der Waals surface area contributed by atoms with Gasteiger partial charge in [0.05, 0.1) is 22.4 Å². The molecule has 0 unspecified atom stereocenters. The highest BCUT2D eigenvalue weighted by atomic mass is 35.5. The molecule has 208 valence electrons. The van der Waals surface area contributed by atoms with Gasteiger partial charge in [0.1, 0.15) is 22.2 Å². The highest BCUT2D eigenvalue weighted by Gasteiger charge is 2.29. The summed E-state index contributed by atoms with van der Waals surface area (Å²) in [6, 6.07) is 11.9. The Labute approximate surface area is 241 Å². The van der Waals surface area contributed by atoms with Crippen LogP contribution in [0.1, 0.15) is 43.5 Å². The van der Waals surface area contributed by atoms with Crippen LogP contribution in [-0.2, 0) is 7.05 Å². The molecule has 1 aliphatic heterocycles. The first-order valence-corrected chi connectivity index (χ1v) is 14.3. The number of fused-ring (bicyclic) bond motifs is 1. The van der Waals surface area contributed by atoms with Gasteiger partial charge in [0.25, 0.3) is 11.5 Å². The molecule has 9 nitrogen and oxygen atoms in total. The molecule has 1 aliphatic rings. The number of pyridine rings is 1. The van der Waals surface area contributed by atoms with Crippen molar-refractivity contribution in [3.05, 3.63) is 69.6 Å². The molecule has 2 aromatic heterocycles. The first kappa shape index (κ1) is 27.8. The summed E-state index contributed by atoms with van der Waals surface area (Å²) in [6.45, 7) is 6.39. The topological polar surface area (TPSA) is 126 Å². The van der Waals surface area contributed by atoms with Crippen LogP contribution in [0.5, 0.6) is 5.75 Å². The molecule has 2 aromatic carbocycles. The zero-order chi connectivity index (χ0) is 28.6. The highest BCUT2D eigenvalue weighted by molar-refractivity contribution is 7.99. The number of hydrogen-bond acceptors (Lipinski definition) is 8. The lowest BCUT2D eigenvalue weighted by atomic mass is 9.78. The lowest BCUT2D eigenvalue weighted by molar-refractivity contribution is 0.102. The van der Waals surface area contributed by atoms with Crippen molar-refractivity contribution in [3.63, 3.8) is 0 Å². The molecule has 0 saturated carbocycles. The summed E-state index contributed by atoms with van der Waals surface area (Å²) in [5.41, 5.74) is 6.47. The van der Waals surface area contributed by atoms with Crippen LogP contribution in [0.2, 0.25) is 5.02 Å². The van der Waals surface area contributed by atoms with E-state index in [-0.39, 0.29) is 22.0 Å². The second-order valence-corrected chi connectivity index (χ2v) is 11.8. The zero-order valence-electron chi connectivity index (χ0n) is 22.6. The van der Waals surface area contributed by atoms with E-state index in [9.17, 15) is 14.7 Å². The van der Waals surface area contributed by atoms with Crippen LogP contribution in [0, 0.1) is 5.41 Å². The maximum Gasteiger partial charge on any atom is 0.267 e. The molecule has 1 fully saturated rings. The fourth-order valence-corrected chi connectivity index (χ4v) is 6.00. The number of nitrogens with zero attached hydrogens (tertiary/aromatic N) is 4. The Morgan fingerprint density at radius 3 is 2.62 bits per heavy atom.